The quantitative estimate of drug-likeness (QED) is 0.877. The lowest BCUT2D eigenvalue weighted by molar-refractivity contribution is -0.116. The van der Waals surface area contributed by atoms with Crippen molar-refractivity contribution in [2.45, 2.75) is 39.7 Å². The van der Waals surface area contributed by atoms with E-state index in [9.17, 15) is 4.79 Å². The van der Waals surface area contributed by atoms with Crippen molar-refractivity contribution in [2.24, 2.45) is 5.92 Å². The van der Waals surface area contributed by atoms with Crippen LogP contribution in [0.15, 0.2) is 16.9 Å². The first kappa shape index (κ1) is 12.0. The summed E-state index contributed by atoms with van der Waals surface area (Å²) in [4.78, 5) is 13.5. The summed E-state index contributed by atoms with van der Waals surface area (Å²) in [6.07, 6.45) is 5.55. The molecular weight excluding hydrogens is 216 g/mol. The molecule has 1 aliphatic rings. The highest BCUT2D eigenvalue weighted by Gasteiger charge is 2.31. The van der Waals surface area contributed by atoms with Crippen LogP contribution in [0, 0.1) is 5.92 Å². The minimum absolute atomic E-state index is 0.0742. The third-order valence-corrected chi connectivity index (χ3v) is 3.65. The third-order valence-electron chi connectivity index (χ3n) is 3.65. The Morgan fingerprint density at radius 2 is 2.24 bits per heavy atom. The predicted octanol–water partition coefficient (Wildman–Crippen LogP) is 2.86. The van der Waals surface area contributed by atoms with Gasteiger partial charge in [-0.3, -0.25) is 4.79 Å². The number of amides is 1. The topological polar surface area (TPSA) is 45.5 Å². The number of rotatable bonds is 3. The van der Waals surface area contributed by atoms with Crippen molar-refractivity contribution in [1.29, 1.82) is 0 Å². The maximum atomic E-state index is 11.7. The van der Waals surface area contributed by atoms with Crippen LogP contribution in [0.1, 0.15) is 33.6 Å². The molecule has 0 saturated carbocycles. The second-order valence-electron chi connectivity index (χ2n) is 4.63. The van der Waals surface area contributed by atoms with Crippen molar-refractivity contribution in [3.05, 3.63) is 12.5 Å². The fourth-order valence-electron chi connectivity index (χ4n) is 2.57. The summed E-state index contributed by atoms with van der Waals surface area (Å²) in [5, 5.41) is 3.48. The molecule has 0 bridgehead atoms. The molecule has 0 aliphatic carbocycles. The Kier molecular flexibility index (Phi) is 3.41. The number of hydrogen-bond acceptors (Lipinski definition) is 3. The molecule has 1 aliphatic heterocycles. The van der Waals surface area contributed by atoms with Crippen LogP contribution in [0.25, 0.3) is 0 Å². The fraction of sp³-hybridized carbons (Fsp3) is 0.615. The van der Waals surface area contributed by atoms with Crippen molar-refractivity contribution < 1.29 is 9.21 Å². The van der Waals surface area contributed by atoms with E-state index in [1.165, 1.54) is 0 Å². The highest BCUT2D eigenvalue weighted by molar-refractivity contribution is 5.96. The van der Waals surface area contributed by atoms with E-state index >= 15 is 0 Å². The molecule has 17 heavy (non-hydrogen) atoms. The molecule has 0 saturated heterocycles. The highest BCUT2D eigenvalue weighted by Crippen LogP contribution is 2.34. The lowest BCUT2D eigenvalue weighted by atomic mass is 9.92. The van der Waals surface area contributed by atoms with Crippen LogP contribution in [-0.2, 0) is 4.79 Å². The fourth-order valence-corrected chi connectivity index (χ4v) is 2.57. The first-order chi connectivity index (χ1) is 8.17. The van der Waals surface area contributed by atoms with Gasteiger partial charge in [0.25, 0.3) is 0 Å². The zero-order valence-electron chi connectivity index (χ0n) is 10.7. The van der Waals surface area contributed by atoms with Gasteiger partial charge >= 0.3 is 0 Å². The number of furan rings is 1. The number of fused-ring (bicyclic) bond motifs is 1. The van der Waals surface area contributed by atoms with Gasteiger partial charge in [0, 0.05) is 19.5 Å². The molecule has 1 aromatic rings. The smallest absolute Gasteiger partial charge is 0.224 e. The van der Waals surface area contributed by atoms with E-state index in [0.717, 1.165) is 30.8 Å². The summed E-state index contributed by atoms with van der Waals surface area (Å²) in [6, 6.07) is 0.319. The van der Waals surface area contributed by atoms with Gasteiger partial charge in [0.05, 0.1) is 5.69 Å². The van der Waals surface area contributed by atoms with Crippen molar-refractivity contribution >= 4 is 17.3 Å². The van der Waals surface area contributed by atoms with Crippen molar-refractivity contribution in [1.82, 2.24) is 0 Å². The maximum absolute atomic E-state index is 11.7. The van der Waals surface area contributed by atoms with E-state index in [4.69, 9.17) is 4.42 Å². The van der Waals surface area contributed by atoms with Gasteiger partial charge in [-0.2, -0.15) is 0 Å². The molecule has 1 amide bonds. The van der Waals surface area contributed by atoms with Crippen molar-refractivity contribution in [3.8, 4) is 0 Å². The maximum Gasteiger partial charge on any atom is 0.224 e. The molecular formula is C13H20N2O2. The lowest BCUT2D eigenvalue weighted by Crippen LogP contribution is -2.46. The van der Waals surface area contributed by atoms with Crippen LogP contribution >= 0.6 is 0 Å². The van der Waals surface area contributed by atoms with Crippen molar-refractivity contribution in [2.75, 3.05) is 16.8 Å². The van der Waals surface area contributed by atoms with Crippen LogP contribution in [-0.4, -0.2) is 18.5 Å². The molecule has 0 fully saturated rings. The number of nitrogens with one attached hydrogen (secondary N) is 1. The predicted molar refractivity (Wildman–Crippen MR) is 68.2 cm³/mol. The molecule has 1 unspecified atom stereocenters. The largest absolute Gasteiger partial charge is 0.468 e. The summed E-state index contributed by atoms with van der Waals surface area (Å²) in [5.41, 5.74) is 1.79. The van der Waals surface area contributed by atoms with Gasteiger partial charge in [-0.15, -0.1) is 0 Å². The molecule has 94 valence electrons. The SMILES string of the molecule is CCC(CC)C1CN(C(C)=O)c2cocc2N1. The van der Waals surface area contributed by atoms with Crippen LogP contribution in [0.2, 0.25) is 0 Å². The number of hydrogen-bond donors (Lipinski definition) is 1. The van der Waals surface area contributed by atoms with Gasteiger partial charge < -0.3 is 14.6 Å². The average Bonchev–Trinajstić information content (AvgIpc) is 2.77. The van der Waals surface area contributed by atoms with Gasteiger partial charge in [0.2, 0.25) is 5.91 Å². The van der Waals surface area contributed by atoms with Crippen LogP contribution in [0.3, 0.4) is 0 Å². The number of carbonyl (C=O) groups is 1. The normalized spacial score (nSPS) is 19.1. The van der Waals surface area contributed by atoms with Crippen molar-refractivity contribution in [3.63, 3.8) is 0 Å². The highest BCUT2D eigenvalue weighted by atomic mass is 16.3. The molecule has 1 N–H and O–H groups in total. The first-order valence-electron chi connectivity index (χ1n) is 6.28. The standard InChI is InChI=1S/C13H20N2O2/c1-4-10(5-2)11-6-15(9(3)16)13-8-17-7-12(13)14-11/h7-8,10-11,14H,4-6H2,1-3H3. The van der Waals surface area contributed by atoms with Crippen LogP contribution < -0.4 is 10.2 Å². The average molecular weight is 236 g/mol. The van der Waals surface area contributed by atoms with E-state index in [1.54, 1.807) is 24.3 Å². The summed E-state index contributed by atoms with van der Waals surface area (Å²) in [6.45, 7) is 6.72. The molecule has 0 aromatic carbocycles. The molecule has 4 heteroatoms. The monoisotopic (exact) mass is 236 g/mol. The molecule has 2 rings (SSSR count). The van der Waals surface area contributed by atoms with E-state index in [-0.39, 0.29) is 5.91 Å². The molecule has 1 aromatic heterocycles. The van der Waals surface area contributed by atoms with E-state index in [0.29, 0.717) is 12.0 Å². The van der Waals surface area contributed by atoms with Crippen LogP contribution in [0.4, 0.5) is 11.4 Å². The zero-order valence-corrected chi connectivity index (χ0v) is 10.7. The lowest BCUT2D eigenvalue weighted by Gasteiger charge is -2.36. The van der Waals surface area contributed by atoms with E-state index < -0.39 is 0 Å². The summed E-state index contributed by atoms with van der Waals surface area (Å²) >= 11 is 0. The van der Waals surface area contributed by atoms with Gasteiger partial charge in [0.1, 0.15) is 18.2 Å². The summed E-state index contributed by atoms with van der Waals surface area (Å²) in [7, 11) is 0. The third kappa shape index (κ3) is 2.16. The van der Waals surface area contributed by atoms with Gasteiger partial charge in [0.15, 0.2) is 0 Å². The minimum Gasteiger partial charge on any atom is -0.468 e. The summed E-state index contributed by atoms with van der Waals surface area (Å²) < 4.78 is 5.19. The Hall–Kier alpha value is -1.45. The number of anilines is 2. The molecule has 4 nitrogen and oxygen atoms in total. The Bertz CT molecular complexity index is 396. The molecule has 1 atom stereocenters. The van der Waals surface area contributed by atoms with Crippen LogP contribution in [0.5, 0.6) is 0 Å². The Morgan fingerprint density at radius 1 is 1.53 bits per heavy atom. The number of carbonyl (C=O) groups excluding carboxylic acids is 1. The van der Waals surface area contributed by atoms with Gasteiger partial charge in [-0.05, 0) is 5.92 Å². The Labute approximate surface area is 102 Å². The summed E-state index contributed by atoms with van der Waals surface area (Å²) in [5.74, 6) is 0.657. The second-order valence-corrected chi connectivity index (χ2v) is 4.63. The van der Waals surface area contributed by atoms with E-state index in [1.807, 2.05) is 0 Å². The second kappa shape index (κ2) is 4.82. The Morgan fingerprint density at radius 3 is 2.82 bits per heavy atom. The number of nitrogens with zero attached hydrogens (tertiary/aromatic N) is 1. The van der Waals surface area contributed by atoms with E-state index in [2.05, 4.69) is 19.2 Å². The zero-order chi connectivity index (χ0) is 12.4. The first-order valence-corrected chi connectivity index (χ1v) is 6.28. The van der Waals surface area contributed by atoms with Gasteiger partial charge in [-0.1, -0.05) is 26.7 Å². The molecule has 0 spiro atoms. The Balaban J connectivity index is 2.25. The van der Waals surface area contributed by atoms with Gasteiger partial charge in [-0.25, -0.2) is 0 Å². The minimum atomic E-state index is 0.0742. The molecule has 2 heterocycles. The molecule has 0 radical (unpaired) electrons.